The van der Waals surface area contributed by atoms with E-state index in [1.54, 1.807) is 25.1 Å². The zero-order valence-corrected chi connectivity index (χ0v) is 18.1. The van der Waals surface area contributed by atoms with Crippen molar-refractivity contribution in [2.45, 2.75) is 13.8 Å². The molecule has 0 unspecified atom stereocenters. The zero-order chi connectivity index (χ0) is 22.0. The first-order valence-electron chi connectivity index (χ1n) is 9.92. The molecule has 0 amide bonds. The molecule has 7 heteroatoms. The Balaban J connectivity index is 1.93. The van der Waals surface area contributed by atoms with Crippen LogP contribution in [0.2, 0.25) is 0 Å². The Morgan fingerprint density at radius 3 is 2.42 bits per heavy atom. The highest BCUT2D eigenvalue weighted by Crippen LogP contribution is 2.33. The molecule has 0 saturated heterocycles. The van der Waals surface area contributed by atoms with Crippen LogP contribution >= 0.6 is 0 Å². The Kier molecular flexibility index (Phi) is 5.52. The number of aromatic amines is 1. The lowest BCUT2D eigenvalue weighted by atomic mass is 10.0. The number of nitrogens with zero attached hydrogens (tertiary/aromatic N) is 1. The third-order valence-electron chi connectivity index (χ3n) is 4.99. The van der Waals surface area contributed by atoms with Crippen LogP contribution in [0, 0.1) is 6.92 Å². The standard InChI is InChI=1S/C24H23N3O3S/c1-3-31(29,30)27-19-13-14-21-20(15-19)22(24(28)26-21)23(17-7-5-4-6-8-17)25-18-11-9-16(2)10-12-18/h4-15,26-28H,3H2,1-2H3. The molecule has 0 saturated carbocycles. The van der Waals surface area contributed by atoms with Crippen LogP contribution < -0.4 is 4.72 Å². The van der Waals surface area contributed by atoms with Gasteiger partial charge in [0, 0.05) is 22.2 Å². The molecule has 1 aromatic heterocycles. The number of anilines is 1. The molecule has 0 aliphatic heterocycles. The van der Waals surface area contributed by atoms with Crippen molar-refractivity contribution in [3.05, 3.63) is 89.5 Å². The number of aryl methyl sites for hydroxylation is 1. The van der Waals surface area contributed by atoms with Crippen LogP contribution in [0.15, 0.2) is 77.8 Å². The fourth-order valence-corrected chi connectivity index (χ4v) is 3.97. The van der Waals surface area contributed by atoms with Crippen molar-refractivity contribution >= 4 is 38.0 Å². The highest BCUT2D eigenvalue weighted by Gasteiger charge is 2.19. The molecule has 31 heavy (non-hydrogen) atoms. The van der Waals surface area contributed by atoms with E-state index in [0.717, 1.165) is 16.8 Å². The van der Waals surface area contributed by atoms with Gasteiger partial charge in [0.25, 0.3) is 0 Å². The van der Waals surface area contributed by atoms with Gasteiger partial charge in [-0.15, -0.1) is 0 Å². The van der Waals surface area contributed by atoms with Gasteiger partial charge in [-0.05, 0) is 44.2 Å². The number of nitrogens with one attached hydrogen (secondary N) is 2. The van der Waals surface area contributed by atoms with Gasteiger partial charge in [-0.25, -0.2) is 13.4 Å². The van der Waals surface area contributed by atoms with Gasteiger partial charge in [-0.3, -0.25) is 4.72 Å². The van der Waals surface area contributed by atoms with E-state index >= 15 is 0 Å². The van der Waals surface area contributed by atoms with Crippen molar-refractivity contribution in [1.29, 1.82) is 0 Å². The van der Waals surface area contributed by atoms with Crippen molar-refractivity contribution in [1.82, 2.24) is 4.98 Å². The van der Waals surface area contributed by atoms with E-state index in [1.807, 2.05) is 61.5 Å². The first-order valence-corrected chi connectivity index (χ1v) is 11.6. The molecule has 158 valence electrons. The molecule has 3 aromatic carbocycles. The molecule has 0 aliphatic rings. The average Bonchev–Trinajstić information content (AvgIpc) is 3.08. The van der Waals surface area contributed by atoms with Crippen molar-refractivity contribution in [2.24, 2.45) is 4.99 Å². The topological polar surface area (TPSA) is 94.5 Å². The number of hydrogen-bond acceptors (Lipinski definition) is 4. The van der Waals surface area contributed by atoms with Crippen LogP contribution in [0.4, 0.5) is 11.4 Å². The summed E-state index contributed by atoms with van der Waals surface area (Å²) in [5.74, 6) is -0.0549. The third kappa shape index (κ3) is 4.46. The second-order valence-corrected chi connectivity index (χ2v) is 9.29. The number of hydrogen-bond donors (Lipinski definition) is 3. The van der Waals surface area contributed by atoms with Crippen molar-refractivity contribution in [3.8, 4) is 5.88 Å². The summed E-state index contributed by atoms with van der Waals surface area (Å²) in [4.78, 5) is 7.82. The summed E-state index contributed by atoms with van der Waals surface area (Å²) in [5, 5.41) is 11.5. The van der Waals surface area contributed by atoms with Crippen LogP contribution in [0.3, 0.4) is 0 Å². The predicted octanol–water partition coefficient (Wildman–Crippen LogP) is 5.11. The van der Waals surface area contributed by atoms with Gasteiger partial charge in [0.15, 0.2) is 5.88 Å². The maximum Gasteiger partial charge on any atom is 0.232 e. The monoisotopic (exact) mass is 433 g/mol. The lowest BCUT2D eigenvalue weighted by molar-refractivity contribution is 0.457. The van der Waals surface area contributed by atoms with Crippen molar-refractivity contribution in [2.75, 3.05) is 10.5 Å². The highest BCUT2D eigenvalue weighted by atomic mass is 32.2. The molecule has 0 spiro atoms. The van der Waals surface area contributed by atoms with Gasteiger partial charge in [0.05, 0.1) is 22.7 Å². The smallest absolute Gasteiger partial charge is 0.232 e. The number of sulfonamides is 1. The number of aromatic nitrogens is 1. The second kappa shape index (κ2) is 8.28. The lowest BCUT2D eigenvalue weighted by Crippen LogP contribution is -2.14. The quantitative estimate of drug-likeness (QED) is 0.369. The SMILES string of the molecule is CCS(=O)(=O)Nc1ccc2[nH]c(O)c(C(=Nc3ccc(C)cc3)c3ccccc3)c2c1. The minimum Gasteiger partial charge on any atom is -0.494 e. The van der Waals surface area contributed by atoms with Gasteiger partial charge in [0.1, 0.15) is 0 Å². The molecular weight excluding hydrogens is 410 g/mol. The minimum atomic E-state index is -3.43. The lowest BCUT2D eigenvalue weighted by Gasteiger charge is -2.09. The van der Waals surface area contributed by atoms with Crippen LogP contribution in [-0.2, 0) is 10.0 Å². The third-order valence-corrected chi connectivity index (χ3v) is 6.30. The summed E-state index contributed by atoms with van der Waals surface area (Å²) in [6.07, 6.45) is 0. The molecule has 0 aliphatic carbocycles. The summed E-state index contributed by atoms with van der Waals surface area (Å²) in [7, 11) is -3.43. The van der Waals surface area contributed by atoms with E-state index in [9.17, 15) is 13.5 Å². The molecule has 6 nitrogen and oxygen atoms in total. The average molecular weight is 434 g/mol. The van der Waals surface area contributed by atoms with Gasteiger partial charge < -0.3 is 10.1 Å². The van der Waals surface area contributed by atoms with E-state index in [0.29, 0.717) is 27.9 Å². The maximum atomic E-state index is 12.0. The highest BCUT2D eigenvalue weighted by molar-refractivity contribution is 7.92. The Bertz CT molecular complexity index is 1360. The fourth-order valence-electron chi connectivity index (χ4n) is 3.34. The number of benzene rings is 3. The summed E-state index contributed by atoms with van der Waals surface area (Å²) in [5.41, 5.74) is 4.92. The normalized spacial score (nSPS) is 12.3. The van der Waals surface area contributed by atoms with Gasteiger partial charge in [0.2, 0.25) is 10.0 Å². The number of aromatic hydroxyl groups is 1. The summed E-state index contributed by atoms with van der Waals surface area (Å²) in [6, 6.07) is 22.5. The molecular formula is C24H23N3O3S. The number of aliphatic imine (C=N–C) groups is 1. The largest absolute Gasteiger partial charge is 0.494 e. The predicted molar refractivity (Wildman–Crippen MR) is 126 cm³/mol. The molecule has 4 aromatic rings. The number of rotatable bonds is 6. The molecule has 0 fully saturated rings. The Morgan fingerprint density at radius 2 is 1.74 bits per heavy atom. The van der Waals surface area contributed by atoms with E-state index in [2.05, 4.69) is 9.71 Å². The van der Waals surface area contributed by atoms with Gasteiger partial charge in [-0.1, -0.05) is 48.0 Å². The molecule has 0 bridgehead atoms. The van der Waals surface area contributed by atoms with Gasteiger partial charge in [-0.2, -0.15) is 0 Å². The second-order valence-electron chi connectivity index (χ2n) is 7.28. The Hall–Kier alpha value is -3.58. The van der Waals surface area contributed by atoms with Crippen molar-refractivity contribution < 1.29 is 13.5 Å². The molecule has 0 radical (unpaired) electrons. The molecule has 1 heterocycles. The summed E-state index contributed by atoms with van der Waals surface area (Å²) < 4.78 is 26.6. The summed E-state index contributed by atoms with van der Waals surface area (Å²) in [6.45, 7) is 3.59. The molecule has 0 atom stereocenters. The van der Waals surface area contributed by atoms with E-state index in [4.69, 9.17) is 4.99 Å². The first kappa shape index (κ1) is 20.7. The minimum absolute atomic E-state index is 0.0274. The number of H-pyrrole nitrogens is 1. The maximum absolute atomic E-state index is 12.0. The van der Waals surface area contributed by atoms with Gasteiger partial charge >= 0.3 is 0 Å². The van der Waals surface area contributed by atoms with Crippen LogP contribution in [0.5, 0.6) is 5.88 Å². The number of fused-ring (bicyclic) bond motifs is 1. The Labute approximate surface area is 181 Å². The van der Waals surface area contributed by atoms with Crippen molar-refractivity contribution in [3.63, 3.8) is 0 Å². The first-order chi connectivity index (χ1) is 14.9. The molecule has 4 rings (SSSR count). The molecule has 3 N–H and O–H groups in total. The Morgan fingerprint density at radius 1 is 1.03 bits per heavy atom. The summed E-state index contributed by atoms with van der Waals surface area (Å²) >= 11 is 0. The fraction of sp³-hybridized carbons (Fsp3) is 0.125. The van der Waals surface area contributed by atoms with E-state index < -0.39 is 10.0 Å². The van der Waals surface area contributed by atoms with Crippen LogP contribution in [0.1, 0.15) is 23.6 Å². The zero-order valence-electron chi connectivity index (χ0n) is 17.3. The van der Waals surface area contributed by atoms with E-state index in [1.165, 1.54) is 0 Å². The van der Waals surface area contributed by atoms with Crippen LogP contribution in [0.25, 0.3) is 10.9 Å². The van der Waals surface area contributed by atoms with E-state index in [-0.39, 0.29) is 11.6 Å². The van der Waals surface area contributed by atoms with Crippen LogP contribution in [-0.4, -0.2) is 30.0 Å².